The number of hydrogen-bond donors (Lipinski definition) is 1. The second kappa shape index (κ2) is 18.3. The number of ether oxygens (including phenoxy) is 5. The topological polar surface area (TPSA) is 154 Å². The van der Waals surface area contributed by atoms with Gasteiger partial charge in [0, 0.05) is 48.5 Å². The van der Waals surface area contributed by atoms with E-state index in [1.165, 1.54) is 18.3 Å². The van der Waals surface area contributed by atoms with E-state index in [-0.39, 0.29) is 44.4 Å². The maximum atomic E-state index is 17.2. The van der Waals surface area contributed by atoms with Gasteiger partial charge in [0.1, 0.15) is 30.6 Å². The van der Waals surface area contributed by atoms with Crippen LogP contribution in [0.3, 0.4) is 0 Å². The van der Waals surface area contributed by atoms with Crippen molar-refractivity contribution in [3.8, 4) is 22.4 Å². The van der Waals surface area contributed by atoms with Gasteiger partial charge in [0.05, 0.1) is 33.3 Å². The average molecular weight is 880 g/mol. The average Bonchev–Trinajstić information content (AvgIpc) is 3.91. The lowest BCUT2D eigenvalue weighted by Gasteiger charge is -2.48. The molecule has 6 heterocycles. The van der Waals surface area contributed by atoms with Crippen LogP contribution in [-0.2, 0) is 42.9 Å². The number of likely N-dealkylation sites (N-methyl/N-ethyl adjacent to an activating group) is 1. The van der Waals surface area contributed by atoms with Crippen molar-refractivity contribution in [1.82, 2.24) is 14.8 Å². The van der Waals surface area contributed by atoms with Gasteiger partial charge in [0.25, 0.3) is 5.67 Å². The molecule has 0 aliphatic carbocycles. The standard InChI is InChI=1S/C47H62FN3O10S/c1-12-22-51-26-44(6)37-35(51)41(55)61-47(37,9)34(13-2)59-43(56)46(8,48)39(54)29(5)40(60-42-36(52)32(50(10)11)24-28(4)58-42)45(7,25-27(3)38(44)53)57-23-16-17-30-19-20-33(62-30)31-18-14-15-21-49-31/h12,14-15,18-21,27-29,32,34-37,40,42,52H,1,13,22-26H2,2-11H3/t27-,28-,29+,32+,34-,35-,36-,37-,40-,42+,44-,45+,46-,47-/m1/s1. The third-order valence-electron chi connectivity index (χ3n) is 13.5. The Hall–Kier alpha value is -3.88. The van der Waals surface area contributed by atoms with Crippen molar-refractivity contribution in [1.29, 1.82) is 0 Å². The molecular weight excluding hydrogens is 818 g/mol. The summed E-state index contributed by atoms with van der Waals surface area (Å²) in [7, 11) is 3.65. The molecule has 0 bridgehead atoms. The number of cyclic esters (lactones) is 1. The van der Waals surface area contributed by atoms with E-state index >= 15 is 9.18 Å². The number of carbonyl (C=O) groups excluding carboxylic acids is 4. The second-order valence-electron chi connectivity index (χ2n) is 18.5. The molecule has 6 rings (SSSR count). The van der Waals surface area contributed by atoms with Gasteiger partial charge in [-0.05, 0) is 85.3 Å². The second-order valence-corrected chi connectivity index (χ2v) is 19.6. The first-order valence-electron chi connectivity index (χ1n) is 21.5. The minimum absolute atomic E-state index is 0.0707. The van der Waals surface area contributed by atoms with E-state index in [4.69, 9.17) is 23.7 Å². The van der Waals surface area contributed by atoms with Crippen LogP contribution in [0.15, 0.2) is 49.2 Å². The van der Waals surface area contributed by atoms with Crippen LogP contribution in [0.2, 0.25) is 0 Å². The molecule has 14 atom stereocenters. The van der Waals surface area contributed by atoms with E-state index in [2.05, 4.69) is 23.4 Å². The number of thiophene rings is 1. The fraction of sp³-hybridized carbons (Fsp3) is 0.638. The molecule has 4 aliphatic rings. The fourth-order valence-electron chi connectivity index (χ4n) is 10.6. The Labute approximate surface area is 368 Å². The molecule has 0 unspecified atom stereocenters. The van der Waals surface area contributed by atoms with E-state index in [1.54, 1.807) is 46.9 Å². The van der Waals surface area contributed by atoms with Gasteiger partial charge < -0.3 is 33.7 Å². The number of rotatable bonds is 9. The highest BCUT2D eigenvalue weighted by Gasteiger charge is 2.71. The van der Waals surface area contributed by atoms with E-state index in [0.29, 0.717) is 6.42 Å². The predicted octanol–water partition coefficient (Wildman–Crippen LogP) is 5.42. The molecule has 2 aromatic heterocycles. The summed E-state index contributed by atoms with van der Waals surface area (Å²) in [5, 5.41) is 11.7. The highest BCUT2D eigenvalue weighted by atomic mass is 32.1. The van der Waals surface area contributed by atoms with Crippen LogP contribution >= 0.6 is 11.3 Å². The van der Waals surface area contributed by atoms with Crippen LogP contribution in [0.25, 0.3) is 10.6 Å². The maximum absolute atomic E-state index is 17.2. The van der Waals surface area contributed by atoms with Gasteiger partial charge in [-0.15, -0.1) is 17.9 Å². The zero-order valence-corrected chi connectivity index (χ0v) is 38.3. The van der Waals surface area contributed by atoms with Gasteiger partial charge in [-0.2, -0.15) is 0 Å². The predicted molar refractivity (Wildman–Crippen MR) is 230 cm³/mol. The Morgan fingerprint density at radius 3 is 2.47 bits per heavy atom. The smallest absolute Gasteiger partial charge is 0.351 e. The molecule has 4 fully saturated rings. The number of esters is 2. The summed E-state index contributed by atoms with van der Waals surface area (Å²) in [5.41, 5.74) is -6.84. The number of aromatic nitrogens is 1. The lowest BCUT2D eigenvalue weighted by Crippen LogP contribution is -2.61. The van der Waals surface area contributed by atoms with Crippen LogP contribution in [0.5, 0.6) is 0 Å². The van der Waals surface area contributed by atoms with Crippen molar-refractivity contribution in [2.45, 2.75) is 134 Å². The molecule has 4 saturated heterocycles. The highest BCUT2D eigenvalue weighted by Crippen LogP contribution is 2.56. The van der Waals surface area contributed by atoms with Crippen LogP contribution in [0.4, 0.5) is 4.39 Å². The highest BCUT2D eigenvalue weighted by molar-refractivity contribution is 7.16. The number of likely N-dealkylation sites (tertiary alicyclic amines) is 1. The monoisotopic (exact) mass is 879 g/mol. The third kappa shape index (κ3) is 8.81. The summed E-state index contributed by atoms with van der Waals surface area (Å²) >= 11 is 1.45. The van der Waals surface area contributed by atoms with Gasteiger partial charge >= 0.3 is 11.9 Å². The minimum Gasteiger partial charge on any atom is -0.455 e. The molecule has 13 nitrogen and oxygen atoms in total. The molecule has 4 aliphatic heterocycles. The molecule has 2 aromatic rings. The van der Waals surface area contributed by atoms with E-state index < -0.39 is 94.4 Å². The molecule has 0 radical (unpaired) electrons. The Morgan fingerprint density at radius 2 is 1.82 bits per heavy atom. The number of alkyl halides is 1. The number of pyridine rings is 1. The molecular formula is C47H62FN3O10S. The SMILES string of the molecule is C=CCN1C[C@@]2(C)C(=O)[C@H](C)C[C@](C)(OCC#Cc3ccc(-c4ccccn4)s3)[C@H](O[C@@H]3O[C@H](C)C[C@H](N(C)C)[C@H]3O)[C@@H](C)C(=O)[C@@](C)(F)C(=O)O[C@H](CC)[C@@]3(C)OC(=O)[C@H]1[C@@H]32. The van der Waals surface area contributed by atoms with Crippen LogP contribution < -0.4 is 0 Å². The summed E-state index contributed by atoms with van der Waals surface area (Å²) in [4.78, 5) is 67.6. The number of Topliss-reactive ketones (excluding diaryl/α,β-unsaturated/α-hetero) is 2. The summed E-state index contributed by atoms with van der Waals surface area (Å²) < 4.78 is 48.8. The fourth-order valence-corrected chi connectivity index (χ4v) is 11.4. The normalized spacial score (nSPS) is 39.4. The van der Waals surface area contributed by atoms with Gasteiger partial charge in [0.2, 0.25) is 0 Å². The first-order chi connectivity index (χ1) is 29.1. The Kier molecular flexibility index (Phi) is 14.1. The Bertz CT molecular complexity index is 2070. The lowest BCUT2D eigenvalue weighted by molar-refractivity contribution is -0.296. The number of aliphatic hydroxyl groups excluding tert-OH is 1. The summed E-state index contributed by atoms with van der Waals surface area (Å²) in [5.74, 6) is -0.322. The Morgan fingerprint density at radius 1 is 1.10 bits per heavy atom. The molecule has 0 saturated carbocycles. The van der Waals surface area contributed by atoms with Crippen LogP contribution in [0, 0.1) is 35.0 Å². The minimum atomic E-state index is -3.22. The van der Waals surface area contributed by atoms with Crippen molar-refractivity contribution in [3.05, 3.63) is 54.1 Å². The van der Waals surface area contributed by atoms with Gasteiger partial charge in [-0.25, -0.2) is 9.18 Å². The number of halogens is 1. The number of nitrogens with zero attached hydrogens (tertiary/aromatic N) is 3. The van der Waals surface area contributed by atoms with Gasteiger partial charge in [-0.3, -0.25) is 24.3 Å². The molecule has 0 aromatic carbocycles. The zero-order chi connectivity index (χ0) is 45.5. The van der Waals surface area contributed by atoms with E-state index in [0.717, 1.165) is 22.4 Å². The molecule has 62 heavy (non-hydrogen) atoms. The number of hydrogen-bond acceptors (Lipinski definition) is 14. The molecule has 0 spiro atoms. The summed E-state index contributed by atoms with van der Waals surface area (Å²) in [6.45, 7) is 16.8. The van der Waals surface area contributed by atoms with Crippen molar-refractivity contribution < 1.29 is 52.4 Å². The number of carbonyl (C=O) groups is 4. The van der Waals surface area contributed by atoms with Crippen LogP contribution in [0.1, 0.15) is 79.5 Å². The molecule has 0 amide bonds. The van der Waals surface area contributed by atoms with Crippen molar-refractivity contribution in [3.63, 3.8) is 0 Å². The zero-order valence-electron chi connectivity index (χ0n) is 37.5. The van der Waals surface area contributed by atoms with Crippen molar-refractivity contribution in [2.24, 2.45) is 23.2 Å². The largest absolute Gasteiger partial charge is 0.455 e. The lowest BCUT2D eigenvalue weighted by atomic mass is 9.62. The first kappa shape index (κ1) is 47.6. The van der Waals surface area contributed by atoms with Crippen molar-refractivity contribution >= 4 is 34.8 Å². The summed E-state index contributed by atoms with van der Waals surface area (Å²) in [6, 6.07) is 8.17. The quantitative estimate of drug-likeness (QED) is 0.148. The number of ketones is 2. The van der Waals surface area contributed by atoms with E-state index in [1.807, 2.05) is 61.2 Å². The molecule has 15 heteroatoms. The van der Waals surface area contributed by atoms with Gasteiger partial charge in [0.15, 0.2) is 17.7 Å². The molecule has 1 N–H and O–H groups in total. The molecule has 338 valence electrons. The van der Waals surface area contributed by atoms with Crippen molar-refractivity contribution in [2.75, 3.05) is 33.8 Å². The first-order valence-corrected chi connectivity index (χ1v) is 22.3. The number of aliphatic hydroxyl groups is 1. The Balaban J connectivity index is 1.46. The van der Waals surface area contributed by atoms with Gasteiger partial charge in [-0.1, -0.05) is 51.7 Å². The third-order valence-corrected chi connectivity index (χ3v) is 14.6. The van der Waals surface area contributed by atoms with E-state index in [9.17, 15) is 19.5 Å². The maximum Gasteiger partial charge on any atom is 0.351 e. The summed E-state index contributed by atoms with van der Waals surface area (Å²) in [6.07, 6.45) is -1.65. The van der Waals surface area contributed by atoms with Crippen LogP contribution in [-0.4, -0.2) is 137 Å².